The van der Waals surface area contributed by atoms with Crippen LogP contribution in [0.4, 0.5) is 0 Å². The van der Waals surface area contributed by atoms with Gasteiger partial charge in [0.05, 0.1) is 48.7 Å². The number of hydrogen-bond donors (Lipinski definition) is 7. The summed E-state index contributed by atoms with van der Waals surface area (Å²) in [6.45, 7) is 2.26. The molecule has 2 saturated heterocycles. The van der Waals surface area contributed by atoms with Gasteiger partial charge in [0.15, 0.2) is 24.1 Å². The minimum atomic E-state index is -2.07. The lowest BCUT2D eigenvalue weighted by molar-refractivity contribution is -0.307. The summed E-state index contributed by atoms with van der Waals surface area (Å²) >= 11 is 0. The summed E-state index contributed by atoms with van der Waals surface area (Å²) in [7, 11) is 1.33. The van der Waals surface area contributed by atoms with Crippen molar-refractivity contribution in [2.45, 2.75) is 100 Å². The quantitative estimate of drug-likeness (QED) is 0.162. The SMILES string of the molecule is COc1cccc2c1C(=O)c1c(O)c3c(c(O)c1C2=O)C[C@@](O)(C(C)=O)C[C@@H]3OC1CC(N)C(OC2CC(O)C(O)C(CO)O2)C(C)O1. The lowest BCUT2D eigenvalue weighted by Crippen LogP contribution is -2.57. The number of aliphatic hydroxyl groups is 4. The molecule has 2 aliphatic carbocycles. The number of phenolic OH excluding ortho intramolecular Hbond substituents is 2. The monoisotopic (exact) mass is 673 g/mol. The third-order valence-corrected chi connectivity index (χ3v) is 9.79. The van der Waals surface area contributed by atoms with Gasteiger partial charge in [0.1, 0.15) is 41.2 Å². The van der Waals surface area contributed by atoms with Crippen LogP contribution in [0.2, 0.25) is 0 Å². The van der Waals surface area contributed by atoms with Crippen LogP contribution in [-0.2, 0) is 30.2 Å². The summed E-state index contributed by atoms with van der Waals surface area (Å²) in [5.74, 6) is -3.39. The van der Waals surface area contributed by atoms with E-state index in [1.54, 1.807) is 6.92 Å². The summed E-state index contributed by atoms with van der Waals surface area (Å²) in [6, 6.07) is 3.65. The first-order chi connectivity index (χ1) is 22.7. The highest BCUT2D eigenvalue weighted by atomic mass is 16.7. The molecule has 2 fully saturated rings. The van der Waals surface area contributed by atoms with Crippen LogP contribution in [0.1, 0.15) is 82.2 Å². The minimum absolute atomic E-state index is 0.000340. The number of carbonyl (C=O) groups is 3. The number of carbonyl (C=O) groups excluding carboxylic acids is 3. The van der Waals surface area contributed by atoms with Crippen molar-refractivity contribution in [3.05, 3.63) is 51.6 Å². The second kappa shape index (κ2) is 12.7. The summed E-state index contributed by atoms with van der Waals surface area (Å²) < 4.78 is 29.2. The van der Waals surface area contributed by atoms with Gasteiger partial charge in [-0.05, 0) is 19.9 Å². The maximum atomic E-state index is 13.8. The summed E-state index contributed by atoms with van der Waals surface area (Å²) in [5.41, 5.74) is 3.14. The molecular weight excluding hydrogens is 634 g/mol. The van der Waals surface area contributed by atoms with Gasteiger partial charge in [-0.15, -0.1) is 0 Å². The van der Waals surface area contributed by atoms with Gasteiger partial charge in [0, 0.05) is 48.4 Å². The molecular formula is C33H39NO14. The van der Waals surface area contributed by atoms with Crippen LogP contribution in [-0.4, -0.2) is 116 Å². The van der Waals surface area contributed by atoms with E-state index in [1.165, 1.54) is 25.3 Å². The zero-order valence-electron chi connectivity index (χ0n) is 26.5. The number of aliphatic hydroxyl groups excluding tert-OH is 3. The minimum Gasteiger partial charge on any atom is -0.507 e. The Morgan fingerprint density at radius 1 is 1.02 bits per heavy atom. The largest absolute Gasteiger partial charge is 0.507 e. The van der Waals surface area contributed by atoms with Crippen LogP contribution in [0.3, 0.4) is 0 Å². The fraction of sp³-hybridized carbons (Fsp3) is 0.545. The summed E-state index contributed by atoms with van der Waals surface area (Å²) in [5, 5.41) is 64.3. The van der Waals surface area contributed by atoms with Gasteiger partial charge in [-0.3, -0.25) is 14.4 Å². The first-order valence-electron chi connectivity index (χ1n) is 15.7. The predicted octanol–water partition coefficient (Wildman–Crippen LogP) is -0.118. The van der Waals surface area contributed by atoms with Gasteiger partial charge in [0.2, 0.25) is 5.78 Å². The Balaban J connectivity index is 1.31. The van der Waals surface area contributed by atoms with Crippen molar-refractivity contribution in [1.82, 2.24) is 0 Å². The second-order valence-electron chi connectivity index (χ2n) is 12.8. The molecule has 2 heterocycles. The van der Waals surface area contributed by atoms with Crippen molar-refractivity contribution >= 4 is 17.3 Å². The van der Waals surface area contributed by atoms with Crippen LogP contribution in [0.5, 0.6) is 17.2 Å². The van der Waals surface area contributed by atoms with Gasteiger partial charge >= 0.3 is 0 Å². The van der Waals surface area contributed by atoms with Crippen LogP contribution < -0.4 is 10.5 Å². The van der Waals surface area contributed by atoms with Crippen LogP contribution in [0.25, 0.3) is 0 Å². The van der Waals surface area contributed by atoms with Crippen LogP contribution >= 0.6 is 0 Å². The summed E-state index contributed by atoms with van der Waals surface area (Å²) in [6.07, 6.45) is -9.44. The van der Waals surface area contributed by atoms with Crippen LogP contribution in [0.15, 0.2) is 18.2 Å². The number of phenols is 2. The summed E-state index contributed by atoms with van der Waals surface area (Å²) in [4.78, 5) is 40.2. The Morgan fingerprint density at radius 2 is 1.71 bits per heavy atom. The molecule has 2 aromatic rings. The van der Waals surface area contributed by atoms with E-state index in [4.69, 9.17) is 29.4 Å². The second-order valence-corrected chi connectivity index (χ2v) is 12.8. The van der Waals surface area contributed by atoms with Gasteiger partial charge in [0.25, 0.3) is 0 Å². The first kappa shape index (κ1) is 34.4. The number of nitrogens with two attached hydrogens (primary N) is 1. The zero-order valence-corrected chi connectivity index (χ0v) is 26.5. The maximum absolute atomic E-state index is 13.8. The molecule has 0 bridgehead atoms. The van der Waals surface area contributed by atoms with E-state index < -0.39 is 114 Å². The molecule has 2 aromatic carbocycles. The lowest BCUT2D eigenvalue weighted by atomic mass is 9.72. The van der Waals surface area contributed by atoms with Gasteiger partial charge < -0.3 is 60.1 Å². The molecule has 15 heteroatoms. The maximum Gasteiger partial charge on any atom is 0.202 e. The number of aromatic hydroxyl groups is 2. The topological polar surface area (TPSA) is 245 Å². The van der Waals surface area contributed by atoms with Crippen molar-refractivity contribution in [3.8, 4) is 17.2 Å². The highest BCUT2D eigenvalue weighted by Gasteiger charge is 2.50. The normalized spacial score (nSPS) is 34.6. The zero-order chi connectivity index (χ0) is 34.8. The molecule has 8 unspecified atom stereocenters. The average Bonchev–Trinajstić information content (AvgIpc) is 3.04. The van der Waals surface area contributed by atoms with E-state index >= 15 is 0 Å². The van der Waals surface area contributed by atoms with E-state index in [2.05, 4.69) is 0 Å². The number of rotatable bonds is 7. The third-order valence-electron chi connectivity index (χ3n) is 9.79. The van der Waals surface area contributed by atoms with Crippen molar-refractivity contribution in [2.24, 2.45) is 5.73 Å². The molecule has 260 valence electrons. The molecule has 0 saturated carbocycles. The van der Waals surface area contributed by atoms with Crippen molar-refractivity contribution in [3.63, 3.8) is 0 Å². The molecule has 15 nitrogen and oxygen atoms in total. The molecule has 4 aliphatic rings. The fourth-order valence-corrected chi connectivity index (χ4v) is 7.19. The van der Waals surface area contributed by atoms with Gasteiger partial charge in [-0.1, -0.05) is 12.1 Å². The number of Topliss-reactive ketones (excluding diaryl/α,β-unsaturated/α-hetero) is 1. The molecule has 6 rings (SSSR count). The number of ketones is 3. The molecule has 10 atom stereocenters. The molecule has 8 N–H and O–H groups in total. The van der Waals surface area contributed by atoms with E-state index in [9.17, 15) is 45.0 Å². The number of ether oxygens (including phenoxy) is 5. The van der Waals surface area contributed by atoms with Crippen molar-refractivity contribution < 1.29 is 68.7 Å². The van der Waals surface area contributed by atoms with E-state index in [-0.39, 0.29) is 47.3 Å². The van der Waals surface area contributed by atoms with Crippen molar-refractivity contribution in [2.75, 3.05) is 13.7 Å². The Morgan fingerprint density at radius 3 is 2.35 bits per heavy atom. The Hall–Kier alpha value is -3.51. The standard InChI is InChI=1S/C33H39NO14/c1-12-32(48-22-8-17(37)29(40)20(11-35)47-22)16(34)7-21(45-12)46-19-10-33(43,13(2)36)9-15-24(19)31(42)26-25(28(15)39)27(38)14-5-4-6-18(44-3)23(14)30(26)41/h4-6,12,16-17,19-22,29,32,35,37,39-40,42-43H,7-11,34H2,1-3H3/t12?,16?,17?,19-,20?,21?,22?,29?,32?,33-/m0/s1. The van der Waals surface area contributed by atoms with E-state index in [0.29, 0.717) is 0 Å². The molecule has 0 amide bonds. The average molecular weight is 674 g/mol. The molecule has 48 heavy (non-hydrogen) atoms. The van der Waals surface area contributed by atoms with Gasteiger partial charge in [-0.2, -0.15) is 0 Å². The van der Waals surface area contributed by atoms with Crippen LogP contribution in [0, 0.1) is 0 Å². The number of benzene rings is 2. The predicted molar refractivity (Wildman–Crippen MR) is 162 cm³/mol. The lowest BCUT2D eigenvalue weighted by Gasteiger charge is -2.44. The molecule has 0 spiro atoms. The Kier molecular flexibility index (Phi) is 9.12. The highest BCUT2D eigenvalue weighted by Crippen LogP contribution is 2.52. The molecule has 0 radical (unpaired) electrons. The number of hydrogen-bond acceptors (Lipinski definition) is 15. The fourth-order valence-electron chi connectivity index (χ4n) is 7.19. The Bertz CT molecular complexity index is 1630. The van der Waals surface area contributed by atoms with E-state index in [0.717, 1.165) is 6.92 Å². The number of fused-ring (bicyclic) bond motifs is 3. The van der Waals surface area contributed by atoms with Crippen molar-refractivity contribution in [1.29, 1.82) is 0 Å². The third kappa shape index (κ3) is 5.58. The highest BCUT2D eigenvalue weighted by molar-refractivity contribution is 6.31. The van der Waals surface area contributed by atoms with E-state index in [1.807, 2.05) is 0 Å². The molecule has 0 aromatic heterocycles. The number of methoxy groups -OCH3 is 1. The van der Waals surface area contributed by atoms with Gasteiger partial charge in [-0.25, -0.2) is 0 Å². The Labute approximate surface area is 274 Å². The molecule has 2 aliphatic heterocycles. The smallest absolute Gasteiger partial charge is 0.202 e. The first-order valence-corrected chi connectivity index (χ1v) is 15.7.